The van der Waals surface area contributed by atoms with Crippen LogP contribution in [0.2, 0.25) is 0 Å². The van der Waals surface area contributed by atoms with E-state index in [9.17, 15) is 0 Å². The summed E-state index contributed by atoms with van der Waals surface area (Å²) in [6.07, 6.45) is 0. The van der Waals surface area contributed by atoms with Crippen LogP contribution in [0, 0.1) is 0 Å². The summed E-state index contributed by atoms with van der Waals surface area (Å²) in [4.78, 5) is 0. The van der Waals surface area contributed by atoms with Crippen LogP contribution in [0.4, 0.5) is 0 Å². The van der Waals surface area contributed by atoms with Gasteiger partial charge in [0.1, 0.15) is 0 Å². The Hall–Kier alpha value is -3.90. The van der Waals surface area contributed by atoms with Gasteiger partial charge in [-0.25, -0.2) is 0 Å². The Kier molecular flexibility index (Phi) is 2.49. The molecule has 0 nitrogen and oxygen atoms in total. The molecule has 0 aromatic heterocycles. The molecule has 8 rings (SSSR count). The zero-order chi connectivity index (χ0) is 19.4. The van der Waals surface area contributed by atoms with Crippen LogP contribution in [0.1, 0.15) is 0 Å². The number of fused-ring (bicyclic) bond motifs is 6. The molecule has 0 aliphatic heterocycles. The molecule has 7 aromatic rings. The fraction of sp³-hybridized carbons (Fsp3) is 0. The molecule has 0 atom stereocenters. The van der Waals surface area contributed by atoms with Gasteiger partial charge in [-0.1, -0.05) is 84.9 Å². The van der Waals surface area contributed by atoms with Gasteiger partial charge in [0.25, 0.3) is 0 Å². The molecule has 0 spiro atoms. The molecule has 7 aromatic carbocycles. The SMILES string of the molecule is c1cc2c3c(cccc3c1)-c1cc3c(cc1-2)c1cccc2ccc4cccc3c4c21. The molecule has 0 unspecified atom stereocenters. The first-order valence-corrected chi connectivity index (χ1v) is 10.5. The largest absolute Gasteiger partial charge is 0.0610 e. The quantitative estimate of drug-likeness (QED) is 0.184. The number of rotatable bonds is 0. The van der Waals surface area contributed by atoms with Gasteiger partial charge >= 0.3 is 0 Å². The summed E-state index contributed by atoms with van der Waals surface area (Å²) < 4.78 is 0. The Morgan fingerprint density at radius 2 is 0.733 bits per heavy atom. The van der Waals surface area contributed by atoms with Crippen molar-refractivity contribution in [2.45, 2.75) is 0 Å². The molecular formula is C30H16. The standard InChI is InChI=1S/C30H16/c1-5-17-6-2-10-21-25-16-27-23-12-4-8-19-14-13-18-7-3-11-22(29(18)30(19)23)26(27)15-24(25)20(9-1)28(17)21/h1-16H. The van der Waals surface area contributed by atoms with E-state index in [1.165, 1.54) is 76.1 Å². The van der Waals surface area contributed by atoms with Gasteiger partial charge < -0.3 is 0 Å². The topological polar surface area (TPSA) is 0 Å². The molecule has 0 N–H and O–H groups in total. The predicted molar refractivity (Wildman–Crippen MR) is 130 cm³/mol. The minimum atomic E-state index is 1.32. The molecule has 0 radical (unpaired) electrons. The van der Waals surface area contributed by atoms with Crippen LogP contribution < -0.4 is 0 Å². The Morgan fingerprint density at radius 3 is 1.23 bits per heavy atom. The van der Waals surface area contributed by atoms with E-state index in [1.54, 1.807) is 0 Å². The lowest BCUT2D eigenvalue weighted by atomic mass is 9.87. The average Bonchev–Trinajstić information content (AvgIpc) is 3.12. The van der Waals surface area contributed by atoms with Crippen molar-refractivity contribution in [3.05, 3.63) is 97.1 Å². The predicted octanol–water partition coefficient (Wildman–Crippen LogP) is 8.54. The van der Waals surface area contributed by atoms with Crippen LogP contribution in [-0.2, 0) is 0 Å². The number of hydrogen-bond acceptors (Lipinski definition) is 0. The van der Waals surface area contributed by atoms with E-state index < -0.39 is 0 Å². The molecule has 136 valence electrons. The van der Waals surface area contributed by atoms with Crippen molar-refractivity contribution in [2.24, 2.45) is 0 Å². The smallest absolute Gasteiger partial charge is 0.00203 e. The second-order valence-electron chi connectivity index (χ2n) is 8.53. The van der Waals surface area contributed by atoms with Crippen LogP contribution in [0.25, 0.3) is 76.1 Å². The first-order chi connectivity index (χ1) is 14.9. The molecule has 0 heteroatoms. The Balaban J connectivity index is 1.68. The summed E-state index contributed by atoms with van der Waals surface area (Å²) >= 11 is 0. The van der Waals surface area contributed by atoms with Gasteiger partial charge in [0.05, 0.1) is 0 Å². The summed E-state index contributed by atoms with van der Waals surface area (Å²) in [6, 6.07) is 36.3. The lowest BCUT2D eigenvalue weighted by Gasteiger charge is -2.16. The zero-order valence-corrected chi connectivity index (χ0v) is 16.2. The first kappa shape index (κ1) is 15.0. The third kappa shape index (κ3) is 1.62. The Morgan fingerprint density at radius 1 is 0.300 bits per heavy atom. The normalized spacial score (nSPS) is 12.7. The van der Waals surface area contributed by atoms with Gasteiger partial charge in [-0.3, -0.25) is 0 Å². The number of hydrogen-bond donors (Lipinski definition) is 0. The van der Waals surface area contributed by atoms with Crippen molar-refractivity contribution in [3.8, 4) is 22.3 Å². The van der Waals surface area contributed by atoms with Gasteiger partial charge in [0, 0.05) is 0 Å². The highest BCUT2D eigenvalue weighted by molar-refractivity contribution is 6.35. The first-order valence-electron chi connectivity index (χ1n) is 10.5. The summed E-state index contributed by atoms with van der Waals surface area (Å²) in [5.41, 5.74) is 5.46. The third-order valence-corrected chi connectivity index (χ3v) is 7.11. The summed E-state index contributed by atoms with van der Waals surface area (Å²) in [5.74, 6) is 0. The lowest BCUT2D eigenvalue weighted by Crippen LogP contribution is -1.88. The van der Waals surface area contributed by atoms with Gasteiger partial charge in [-0.15, -0.1) is 0 Å². The molecule has 0 bridgehead atoms. The second-order valence-corrected chi connectivity index (χ2v) is 8.53. The number of benzene rings is 7. The fourth-order valence-corrected chi connectivity index (χ4v) is 5.89. The van der Waals surface area contributed by atoms with Crippen LogP contribution in [0.15, 0.2) is 97.1 Å². The summed E-state index contributed by atoms with van der Waals surface area (Å²) in [7, 11) is 0. The van der Waals surface area contributed by atoms with E-state index >= 15 is 0 Å². The molecular weight excluding hydrogens is 360 g/mol. The van der Waals surface area contributed by atoms with E-state index in [-0.39, 0.29) is 0 Å². The van der Waals surface area contributed by atoms with Gasteiger partial charge in [-0.05, 0) is 88.2 Å². The molecule has 1 aliphatic rings. The molecule has 30 heavy (non-hydrogen) atoms. The van der Waals surface area contributed by atoms with Crippen molar-refractivity contribution in [1.29, 1.82) is 0 Å². The van der Waals surface area contributed by atoms with Crippen molar-refractivity contribution < 1.29 is 0 Å². The van der Waals surface area contributed by atoms with E-state index in [2.05, 4.69) is 97.1 Å². The molecule has 0 saturated carbocycles. The van der Waals surface area contributed by atoms with Crippen molar-refractivity contribution in [1.82, 2.24) is 0 Å². The van der Waals surface area contributed by atoms with Crippen molar-refractivity contribution in [3.63, 3.8) is 0 Å². The van der Waals surface area contributed by atoms with Crippen LogP contribution in [0.3, 0.4) is 0 Å². The van der Waals surface area contributed by atoms with Crippen LogP contribution in [-0.4, -0.2) is 0 Å². The molecule has 0 amide bonds. The highest BCUT2D eigenvalue weighted by atomic mass is 14.3. The van der Waals surface area contributed by atoms with Crippen molar-refractivity contribution in [2.75, 3.05) is 0 Å². The summed E-state index contributed by atoms with van der Waals surface area (Å²) in [6.45, 7) is 0. The van der Waals surface area contributed by atoms with E-state index in [1.807, 2.05) is 0 Å². The average molecular weight is 376 g/mol. The Bertz CT molecular complexity index is 1700. The maximum absolute atomic E-state index is 2.45. The van der Waals surface area contributed by atoms with E-state index in [0.717, 1.165) is 0 Å². The highest BCUT2D eigenvalue weighted by Crippen LogP contribution is 2.50. The van der Waals surface area contributed by atoms with Gasteiger partial charge in [0.15, 0.2) is 0 Å². The third-order valence-electron chi connectivity index (χ3n) is 7.11. The van der Waals surface area contributed by atoms with E-state index in [4.69, 9.17) is 0 Å². The molecule has 0 heterocycles. The minimum absolute atomic E-state index is 1.32. The maximum Gasteiger partial charge on any atom is -0.00203 e. The summed E-state index contributed by atoms with van der Waals surface area (Å²) in [5, 5.41) is 13.6. The van der Waals surface area contributed by atoms with Gasteiger partial charge in [-0.2, -0.15) is 0 Å². The molecule has 0 fully saturated rings. The van der Waals surface area contributed by atoms with Crippen LogP contribution >= 0.6 is 0 Å². The van der Waals surface area contributed by atoms with Crippen molar-refractivity contribution >= 4 is 53.9 Å². The maximum atomic E-state index is 2.45. The fourth-order valence-electron chi connectivity index (χ4n) is 5.89. The molecule has 1 aliphatic carbocycles. The van der Waals surface area contributed by atoms with E-state index in [0.29, 0.717) is 0 Å². The van der Waals surface area contributed by atoms with Gasteiger partial charge in [0.2, 0.25) is 0 Å². The molecule has 0 saturated heterocycles. The Labute approximate surface area is 173 Å². The zero-order valence-electron chi connectivity index (χ0n) is 16.2. The minimum Gasteiger partial charge on any atom is -0.0610 e. The lowest BCUT2D eigenvalue weighted by molar-refractivity contribution is 1.76. The monoisotopic (exact) mass is 376 g/mol. The second kappa shape index (κ2) is 4.98. The van der Waals surface area contributed by atoms with Crippen LogP contribution in [0.5, 0.6) is 0 Å². The highest BCUT2D eigenvalue weighted by Gasteiger charge is 2.23.